The summed E-state index contributed by atoms with van der Waals surface area (Å²) in [5.41, 5.74) is 16.3. The molecule has 3 heterocycles. The van der Waals surface area contributed by atoms with Crippen LogP contribution in [0.2, 0.25) is 0 Å². The van der Waals surface area contributed by atoms with Crippen molar-refractivity contribution in [2.45, 2.75) is 0 Å². The van der Waals surface area contributed by atoms with E-state index in [2.05, 4.69) is 241 Å². The molecule has 3 aromatic heterocycles. The summed E-state index contributed by atoms with van der Waals surface area (Å²) in [5.74, 6) is 1.74. The molecule has 0 aliphatic rings. The van der Waals surface area contributed by atoms with E-state index in [1.807, 2.05) is 30.3 Å². The molecule has 0 radical (unpaired) electrons. The van der Waals surface area contributed by atoms with Crippen LogP contribution < -0.4 is 0 Å². The molecular formula is C71H44N4O. The van der Waals surface area contributed by atoms with Crippen molar-refractivity contribution in [1.82, 2.24) is 19.5 Å². The van der Waals surface area contributed by atoms with E-state index in [-0.39, 0.29) is 0 Å². The second kappa shape index (κ2) is 17.8. The number of furan rings is 1. The quantitative estimate of drug-likeness (QED) is 0.152. The molecule has 354 valence electrons. The minimum atomic E-state index is 0.562. The van der Waals surface area contributed by atoms with Crippen molar-refractivity contribution in [1.29, 1.82) is 0 Å². The molecule has 0 spiro atoms. The Morgan fingerprint density at radius 2 is 0.789 bits per heavy atom. The summed E-state index contributed by atoms with van der Waals surface area (Å²) in [6, 6.07) is 95.0. The van der Waals surface area contributed by atoms with E-state index in [9.17, 15) is 0 Å². The van der Waals surface area contributed by atoms with Crippen LogP contribution in [0.25, 0.3) is 150 Å². The van der Waals surface area contributed by atoms with Crippen LogP contribution in [0.4, 0.5) is 0 Å². The number of benzene rings is 12. The van der Waals surface area contributed by atoms with Gasteiger partial charge >= 0.3 is 0 Å². The van der Waals surface area contributed by atoms with Gasteiger partial charge in [-0.2, -0.15) is 0 Å². The Labute approximate surface area is 438 Å². The van der Waals surface area contributed by atoms with Gasteiger partial charge in [0.05, 0.1) is 16.7 Å². The van der Waals surface area contributed by atoms with Gasteiger partial charge in [-0.3, -0.25) is 0 Å². The second-order valence-electron chi connectivity index (χ2n) is 19.5. The molecule has 0 bridgehead atoms. The first kappa shape index (κ1) is 43.4. The van der Waals surface area contributed by atoms with Gasteiger partial charge < -0.3 is 8.98 Å². The molecule has 5 nitrogen and oxygen atoms in total. The standard InChI is InChI=1S/C71H44N4O/c1-5-19-45(20-6-1)50-30-17-31-53(37-50)70-72-69(49-26-11-4-12-27-49)73-71(74-70)58-33-18-34-65-68(58)61-43-59(56-39-54(46-21-7-2-8-22-46)38-55(40-56)47-23-9-3-10-24-47)64(44-66(61)76-65)75-62-36-35-48-25-15-16-32-57(48)67(62)60-41-51-28-13-14-29-52(51)42-63(60)75/h1-44H. The van der Waals surface area contributed by atoms with Crippen LogP contribution in [-0.4, -0.2) is 19.5 Å². The predicted molar refractivity (Wildman–Crippen MR) is 315 cm³/mol. The SMILES string of the molecule is c1ccc(-c2cccc(-c3nc(-c4ccccc4)nc(-c4cccc5oc6cc(-n7c8cc9ccccc9cc8c8c9ccccc9ccc87)c(-c7cc(-c8ccccc8)cc(-c8ccccc8)c7)cc6c45)n3)c2)cc1. The number of hydrogen-bond donors (Lipinski definition) is 0. The summed E-state index contributed by atoms with van der Waals surface area (Å²) in [6.07, 6.45) is 0. The third kappa shape index (κ3) is 7.36. The number of aromatic nitrogens is 4. The molecule has 0 atom stereocenters. The molecule has 0 fully saturated rings. The largest absolute Gasteiger partial charge is 0.456 e. The lowest BCUT2D eigenvalue weighted by Gasteiger charge is -2.17. The highest BCUT2D eigenvalue weighted by Gasteiger charge is 2.24. The minimum Gasteiger partial charge on any atom is -0.456 e. The van der Waals surface area contributed by atoms with Gasteiger partial charge in [-0.1, -0.05) is 206 Å². The maximum absolute atomic E-state index is 7.10. The Hall–Kier alpha value is -10.2. The van der Waals surface area contributed by atoms with Gasteiger partial charge in [-0.15, -0.1) is 0 Å². The van der Waals surface area contributed by atoms with Crippen LogP contribution in [-0.2, 0) is 0 Å². The maximum atomic E-state index is 7.10. The first-order chi connectivity index (χ1) is 37.6. The summed E-state index contributed by atoms with van der Waals surface area (Å²) in [6.45, 7) is 0. The van der Waals surface area contributed by atoms with Crippen LogP contribution >= 0.6 is 0 Å². The predicted octanol–water partition coefficient (Wildman–Crippen LogP) is 18.8. The van der Waals surface area contributed by atoms with E-state index in [1.54, 1.807) is 0 Å². The topological polar surface area (TPSA) is 56.7 Å². The average molecular weight is 969 g/mol. The third-order valence-corrected chi connectivity index (χ3v) is 15.0. The third-order valence-electron chi connectivity index (χ3n) is 15.0. The number of hydrogen-bond acceptors (Lipinski definition) is 4. The van der Waals surface area contributed by atoms with Crippen LogP contribution in [0.5, 0.6) is 0 Å². The van der Waals surface area contributed by atoms with Gasteiger partial charge in [0.15, 0.2) is 17.5 Å². The molecule has 0 saturated carbocycles. The van der Waals surface area contributed by atoms with Crippen molar-refractivity contribution in [2.75, 3.05) is 0 Å². The smallest absolute Gasteiger partial charge is 0.164 e. The molecule has 0 amide bonds. The average Bonchev–Trinajstić information content (AvgIpc) is 4.17. The Morgan fingerprint density at radius 3 is 1.49 bits per heavy atom. The summed E-state index contributed by atoms with van der Waals surface area (Å²) < 4.78 is 9.57. The van der Waals surface area contributed by atoms with Crippen LogP contribution in [0.15, 0.2) is 271 Å². The zero-order chi connectivity index (χ0) is 50.1. The van der Waals surface area contributed by atoms with Crippen LogP contribution in [0.3, 0.4) is 0 Å². The van der Waals surface area contributed by atoms with Crippen molar-refractivity contribution in [3.63, 3.8) is 0 Å². The number of fused-ring (bicyclic) bond motifs is 9. The molecule has 12 aromatic carbocycles. The van der Waals surface area contributed by atoms with E-state index >= 15 is 0 Å². The molecule has 0 N–H and O–H groups in total. The summed E-state index contributed by atoms with van der Waals surface area (Å²) in [5, 5.41) is 9.09. The fraction of sp³-hybridized carbons (Fsp3) is 0. The van der Waals surface area contributed by atoms with E-state index in [0.717, 1.165) is 99.9 Å². The Kier molecular flexibility index (Phi) is 10.1. The van der Waals surface area contributed by atoms with E-state index < -0.39 is 0 Å². The highest BCUT2D eigenvalue weighted by molar-refractivity contribution is 6.24. The zero-order valence-corrected chi connectivity index (χ0v) is 41.1. The van der Waals surface area contributed by atoms with Gasteiger partial charge in [-0.25, -0.2) is 15.0 Å². The molecule has 5 heteroatoms. The molecule has 0 aliphatic carbocycles. The van der Waals surface area contributed by atoms with Gasteiger partial charge in [0.1, 0.15) is 11.2 Å². The monoisotopic (exact) mass is 968 g/mol. The lowest BCUT2D eigenvalue weighted by molar-refractivity contribution is 0.668. The lowest BCUT2D eigenvalue weighted by atomic mass is 9.91. The molecule has 0 saturated heterocycles. The van der Waals surface area contributed by atoms with Gasteiger partial charge in [0.2, 0.25) is 0 Å². The Balaban J connectivity index is 1.04. The minimum absolute atomic E-state index is 0.562. The normalized spacial score (nSPS) is 11.7. The molecule has 76 heavy (non-hydrogen) atoms. The Bertz CT molecular complexity index is 4680. The van der Waals surface area contributed by atoms with Crippen molar-refractivity contribution < 1.29 is 4.42 Å². The van der Waals surface area contributed by atoms with Crippen LogP contribution in [0.1, 0.15) is 0 Å². The summed E-state index contributed by atoms with van der Waals surface area (Å²) in [7, 11) is 0. The van der Waals surface area contributed by atoms with Crippen molar-refractivity contribution >= 4 is 65.3 Å². The first-order valence-electron chi connectivity index (χ1n) is 25.7. The van der Waals surface area contributed by atoms with Crippen molar-refractivity contribution in [3.05, 3.63) is 267 Å². The lowest BCUT2D eigenvalue weighted by Crippen LogP contribution is -2.00. The molecule has 15 aromatic rings. The van der Waals surface area contributed by atoms with Gasteiger partial charge in [-0.05, 0) is 115 Å². The summed E-state index contributed by atoms with van der Waals surface area (Å²) in [4.78, 5) is 15.8. The fourth-order valence-corrected chi connectivity index (χ4v) is 11.4. The van der Waals surface area contributed by atoms with Gasteiger partial charge in [0.25, 0.3) is 0 Å². The second-order valence-corrected chi connectivity index (χ2v) is 19.5. The fourth-order valence-electron chi connectivity index (χ4n) is 11.4. The van der Waals surface area contributed by atoms with E-state index in [4.69, 9.17) is 19.4 Å². The molecule has 0 unspecified atom stereocenters. The molecule has 15 rings (SSSR count). The maximum Gasteiger partial charge on any atom is 0.164 e. The number of rotatable bonds is 8. The Morgan fingerprint density at radius 1 is 0.263 bits per heavy atom. The molecular weight excluding hydrogens is 925 g/mol. The van der Waals surface area contributed by atoms with Gasteiger partial charge in [0, 0.05) is 49.9 Å². The summed E-state index contributed by atoms with van der Waals surface area (Å²) >= 11 is 0. The molecule has 0 aliphatic heterocycles. The van der Waals surface area contributed by atoms with E-state index in [0.29, 0.717) is 17.5 Å². The first-order valence-corrected chi connectivity index (χ1v) is 25.7. The van der Waals surface area contributed by atoms with Crippen molar-refractivity contribution in [2.24, 2.45) is 0 Å². The number of nitrogens with zero attached hydrogens (tertiary/aromatic N) is 4. The zero-order valence-electron chi connectivity index (χ0n) is 41.1. The highest BCUT2D eigenvalue weighted by Crippen LogP contribution is 2.46. The van der Waals surface area contributed by atoms with E-state index in [1.165, 1.54) is 32.3 Å². The highest BCUT2D eigenvalue weighted by atomic mass is 16.3. The van der Waals surface area contributed by atoms with Crippen LogP contribution in [0, 0.1) is 0 Å². The van der Waals surface area contributed by atoms with Crippen molar-refractivity contribution in [3.8, 4) is 84.4 Å².